The Kier molecular flexibility index (Phi) is 9.44. The highest BCUT2D eigenvalue weighted by molar-refractivity contribution is 5.99. The standard InChI is InChI=1S/C33H32F5N5O5/c1-17-25(41(2)3)15-42(4)31(45)27(17)21-8-7-18(20-6-5-9-39-29(20)21)12-24(32(46)47)40-30(44)28-22(34)13-19(14-23(28)35)43-10-11-48-16-26(43)33(36,37)38/h5-9,13-15,24,26H,10-12,16H2,1-4H3,(H,40,44)(H,46,47)/t24-,26+/m0/s1. The molecule has 1 saturated heterocycles. The summed E-state index contributed by atoms with van der Waals surface area (Å²) in [5.41, 5.74) is 1.36. The summed E-state index contributed by atoms with van der Waals surface area (Å²) in [7, 11) is 5.31. The van der Waals surface area contributed by atoms with E-state index in [1.165, 1.54) is 10.8 Å². The van der Waals surface area contributed by atoms with Crippen molar-refractivity contribution in [2.24, 2.45) is 7.05 Å². The molecule has 5 rings (SSSR count). The molecule has 0 unspecified atom stereocenters. The molecular formula is C33H32F5N5O5. The molecule has 48 heavy (non-hydrogen) atoms. The van der Waals surface area contributed by atoms with Crippen molar-refractivity contribution in [1.29, 1.82) is 0 Å². The van der Waals surface area contributed by atoms with E-state index in [2.05, 4.69) is 10.3 Å². The van der Waals surface area contributed by atoms with Crippen molar-refractivity contribution in [2.45, 2.75) is 31.6 Å². The lowest BCUT2D eigenvalue weighted by Gasteiger charge is -2.38. The molecule has 254 valence electrons. The highest BCUT2D eigenvalue weighted by atomic mass is 19.4. The third-order valence-corrected chi connectivity index (χ3v) is 8.34. The number of carboxylic acids is 1. The van der Waals surface area contributed by atoms with Gasteiger partial charge in [0.25, 0.3) is 11.5 Å². The van der Waals surface area contributed by atoms with Crippen molar-refractivity contribution in [3.8, 4) is 11.1 Å². The molecule has 10 nitrogen and oxygen atoms in total. The summed E-state index contributed by atoms with van der Waals surface area (Å²) in [6.45, 7) is 0.666. The minimum Gasteiger partial charge on any atom is -0.480 e. The number of halogens is 5. The number of morpholine rings is 1. The number of hydrogen-bond acceptors (Lipinski definition) is 7. The largest absolute Gasteiger partial charge is 0.480 e. The normalized spacial score (nSPS) is 15.8. The number of alkyl halides is 3. The van der Waals surface area contributed by atoms with Gasteiger partial charge in [0.2, 0.25) is 0 Å². The van der Waals surface area contributed by atoms with Crippen LogP contribution in [-0.2, 0) is 23.0 Å². The lowest BCUT2D eigenvalue weighted by atomic mass is 9.93. The van der Waals surface area contributed by atoms with Crippen LogP contribution in [0.1, 0.15) is 21.5 Å². The summed E-state index contributed by atoms with van der Waals surface area (Å²) in [6.07, 6.45) is -1.85. The average molecular weight is 674 g/mol. The molecule has 1 aliphatic rings. The first-order chi connectivity index (χ1) is 22.6. The number of carboxylic acid groups (broad SMARTS) is 1. The number of aromatic nitrogens is 2. The molecule has 0 radical (unpaired) electrons. The van der Waals surface area contributed by atoms with Gasteiger partial charge < -0.3 is 29.5 Å². The van der Waals surface area contributed by atoms with Crippen LogP contribution in [0.15, 0.2) is 53.6 Å². The maximum Gasteiger partial charge on any atom is 0.411 e. The number of carbonyl (C=O) groups is 2. The summed E-state index contributed by atoms with van der Waals surface area (Å²) < 4.78 is 77.3. The molecule has 0 aliphatic carbocycles. The molecule has 3 heterocycles. The molecule has 15 heteroatoms. The summed E-state index contributed by atoms with van der Waals surface area (Å²) in [6, 6.07) is 3.90. The van der Waals surface area contributed by atoms with Gasteiger partial charge in [-0.25, -0.2) is 13.6 Å². The minimum atomic E-state index is -4.75. The number of pyridine rings is 2. The third-order valence-electron chi connectivity index (χ3n) is 8.34. The molecule has 2 N–H and O–H groups in total. The molecular weight excluding hydrogens is 641 g/mol. The number of rotatable bonds is 8. The van der Waals surface area contributed by atoms with Crippen LogP contribution in [-0.4, -0.2) is 78.6 Å². The maximum atomic E-state index is 15.2. The number of ether oxygens (including phenoxy) is 1. The number of amides is 1. The topological polar surface area (TPSA) is 117 Å². The number of nitrogens with zero attached hydrogens (tertiary/aromatic N) is 4. The Bertz CT molecular complexity index is 1940. The fourth-order valence-corrected chi connectivity index (χ4v) is 5.96. The number of aliphatic carboxylic acids is 1. The van der Waals surface area contributed by atoms with E-state index in [4.69, 9.17) is 4.74 Å². The zero-order chi connectivity index (χ0) is 35.1. The maximum absolute atomic E-state index is 15.2. The van der Waals surface area contributed by atoms with Gasteiger partial charge in [0, 0.05) is 63.1 Å². The van der Waals surface area contributed by atoms with Gasteiger partial charge in [0.15, 0.2) is 0 Å². The predicted octanol–water partition coefficient (Wildman–Crippen LogP) is 4.45. The molecule has 4 aromatic rings. The van der Waals surface area contributed by atoms with Gasteiger partial charge in [0.1, 0.15) is 29.3 Å². The molecule has 1 aliphatic heterocycles. The fourth-order valence-electron chi connectivity index (χ4n) is 5.96. The Labute approximate surface area is 271 Å². The molecule has 2 aromatic heterocycles. The Morgan fingerprint density at radius 2 is 1.85 bits per heavy atom. The lowest BCUT2D eigenvalue weighted by molar-refractivity contribution is -0.167. The molecule has 0 bridgehead atoms. The second-order valence-corrected chi connectivity index (χ2v) is 11.7. The summed E-state index contributed by atoms with van der Waals surface area (Å²) in [5.74, 6) is -5.84. The van der Waals surface area contributed by atoms with Crippen LogP contribution in [0.3, 0.4) is 0 Å². The van der Waals surface area contributed by atoms with E-state index in [9.17, 15) is 32.7 Å². The van der Waals surface area contributed by atoms with Crippen molar-refractivity contribution in [2.75, 3.05) is 43.7 Å². The molecule has 0 spiro atoms. The SMILES string of the molecule is Cc1c(N(C)C)cn(C)c(=O)c1-c1ccc(C[C@H](NC(=O)c2c(F)cc(N3CCOC[C@@H]3C(F)(F)F)cc2F)C(=O)O)c2cccnc12. The highest BCUT2D eigenvalue weighted by Gasteiger charge is 2.46. The van der Waals surface area contributed by atoms with Crippen LogP contribution < -0.4 is 20.7 Å². The van der Waals surface area contributed by atoms with Crippen molar-refractivity contribution >= 4 is 34.2 Å². The van der Waals surface area contributed by atoms with Crippen LogP contribution in [0, 0.1) is 18.6 Å². The molecule has 1 fully saturated rings. The van der Waals surface area contributed by atoms with E-state index in [-0.39, 0.29) is 25.1 Å². The number of carbonyl (C=O) groups excluding carboxylic acids is 1. The number of benzene rings is 2. The Morgan fingerprint density at radius 3 is 2.48 bits per heavy atom. The summed E-state index contributed by atoms with van der Waals surface area (Å²) in [4.78, 5) is 45.8. The van der Waals surface area contributed by atoms with Gasteiger partial charge in [-0.3, -0.25) is 14.6 Å². The average Bonchev–Trinajstić information content (AvgIpc) is 3.02. The number of nitrogens with one attached hydrogen (secondary N) is 1. The monoisotopic (exact) mass is 673 g/mol. The molecule has 0 saturated carbocycles. The molecule has 1 amide bonds. The van der Waals surface area contributed by atoms with Gasteiger partial charge >= 0.3 is 12.1 Å². The molecule has 2 atom stereocenters. The van der Waals surface area contributed by atoms with E-state index in [1.54, 1.807) is 37.5 Å². The van der Waals surface area contributed by atoms with E-state index in [0.717, 1.165) is 10.6 Å². The van der Waals surface area contributed by atoms with Crippen LogP contribution in [0.4, 0.5) is 33.3 Å². The van der Waals surface area contributed by atoms with Gasteiger partial charge in [-0.1, -0.05) is 18.2 Å². The first-order valence-corrected chi connectivity index (χ1v) is 14.8. The third kappa shape index (κ3) is 6.54. The molecule has 2 aromatic carbocycles. The second-order valence-electron chi connectivity index (χ2n) is 11.7. The minimum absolute atomic E-state index is 0.109. The number of anilines is 2. The quantitative estimate of drug-likeness (QED) is 0.264. The van der Waals surface area contributed by atoms with E-state index in [0.29, 0.717) is 45.3 Å². The second kappa shape index (κ2) is 13.2. The summed E-state index contributed by atoms with van der Waals surface area (Å²) in [5, 5.41) is 12.6. The first kappa shape index (κ1) is 34.3. The highest BCUT2D eigenvalue weighted by Crippen LogP contribution is 2.34. The van der Waals surface area contributed by atoms with Crippen LogP contribution >= 0.6 is 0 Å². The number of aryl methyl sites for hydroxylation is 1. The van der Waals surface area contributed by atoms with Gasteiger partial charge in [-0.15, -0.1) is 0 Å². The number of fused-ring (bicyclic) bond motifs is 1. The van der Waals surface area contributed by atoms with Gasteiger partial charge in [-0.2, -0.15) is 13.2 Å². The first-order valence-electron chi connectivity index (χ1n) is 14.8. The zero-order valence-electron chi connectivity index (χ0n) is 26.4. The zero-order valence-corrected chi connectivity index (χ0v) is 26.4. The smallest absolute Gasteiger partial charge is 0.411 e. The van der Waals surface area contributed by atoms with Crippen LogP contribution in [0.5, 0.6) is 0 Å². The van der Waals surface area contributed by atoms with E-state index < -0.39 is 59.6 Å². The van der Waals surface area contributed by atoms with Crippen LogP contribution in [0.2, 0.25) is 0 Å². The Morgan fingerprint density at radius 1 is 1.17 bits per heavy atom. The van der Waals surface area contributed by atoms with Gasteiger partial charge in [0.05, 0.1) is 30.0 Å². The van der Waals surface area contributed by atoms with Gasteiger partial charge in [-0.05, 0) is 36.2 Å². The Balaban J connectivity index is 1.47. The van der Waals surface area contributed by atoms with Crippen LogP contribution in [0.25, 0.3) is 22.0 Å². The van der Waals surface area contributed by atoms with Crippen molar-refractivity contribution < 1.29 is 41.4 Å². The van der Waals surface area contributed by atoms with Crippen molar-refractivity contribution in [3.05, 3.63) is 87.5 Å². The van der Waals surface area contributed by atoms with E-state index >= 15 is 8.78 Å². The van der Waals surface area contributed by atoms with Crippen molar-refractivity contribution in [1.82, 2.24) is 14.9 Å². The predicted molar refractivity (Wildman–Crippen MR) is 168 cm³/mol. The number of hydrogen-bond donors (Lipinski definition) is 2. The lowest BCUT2D eigenvalue weighted by Crippen LogP contribution is -2.53. The Hall–Kier alpha value is -5.05. The van der Waals surface area contributed by atoms with Crippen molar-refractivity contribution in [3.63, 3.8) is 0 Å². The van der Waals surface area contributed by atoms with E-state index in [1.807, 2.05) is 25.9 Å². The fraction of sp³-hybridized carbons (Fsp3) is 0.333. The summed E-state index contributed by atoms with van der Waals surface area (Å²) >= 11 is 0.